The number of thiophene rings is 1. The minimum Gasteiger partial charge on any atom is -0.377 e. The van der Waals surface area contributed by atoms with Crippen molar-refractivity contribution in [3.63, 3.8) is 0 Å². The fourth-order valence-corrected chi connectivity index (χ4v) is 3.75. The zero-order chi connectivity index (χ0) is 14.6. The quantitative estimate of drug-likeness (QED) is 0.872. The number of nitrogens with zero attached hydrogens (tertiary/aromatic N) is 1. The monoisotopic (exact) mass is 296 g/mol. The highest BCUT2D eigenvalue weighted by Gasteiger charge is 2.30. The Morgan fingerprint density at radius 2 is 2.15 bits per heavy atom. The van der Waals surface area contributed by atoms with Crippen LogP contribution in [-0.2, 0) is 17.8 Å². The lowest BCUT2D eigenvalue weighted by Crippen LogP contribution is -2.46. The summed E-state index contributed by atoms with van der Waals surface area (Å²) in [5, 5.41) is 3.48. The molecule has 1 saturated heterocycles. The van der Waals surface area contributed by atoms with Gasteiger partial charge in [0.1, 0.15) is 0 Å². The maximum Gasteiger partial charge on any atom is 0.0777 e. The Hall–Kier alpha value is -0.420. The summed E-state index contributed by atoms with van der Waals surface area (Å²) in [6.07, 6.45) is 2.41. The van der Waals surface area contributed by atoms with Crippen LogP contribution in [0.4, 0.5) is 0 Å². The largest absolute Gasteiger partial charge is 0.377 e. The molecule has 1 aromatic heterocycles. The van der Waals surface area contributed by atoms with Gasteiger partial charge in [0, 0.05) is 42.5 Å². The lowest BCUT2D eigenvalue weighted by molar-refractivity contribution is -0.0524. The van der Waals surface area contributed by atoms with E-state index in [2.05, 4.69) is 43.1 Å². The first-order valence-electron chi connectivity index (χ1n) is 7.59. The molecule has 0 aromatic carbocycles. The number of rotatable bonds is 6. The zero-order valence-electron chi connectivity index (χ0n) is 13.2. The van der Waals surface area contributed by atoms with Crippen LogP contribution >= 0.6 is 11.3 Å². The van der Waals surface area contributed by atoms with Crippen LogP contribution in [0.25, 0.3) is 0 Å². The molecule has 1 unspecified atom stereocenters. The van der Waals surface area contributed by atoms with Gasteiger partial charge in [0.25, 0.3) is 0 Å². The minimum absolute atomic E-state index is 0.0392. The molecule has 0 aliphatic carbocycles. The summed E-state index contributed by atoms with van der Waals surface area (Å²) in [6, 6.07) is 5.08. The third-order valence-electron chi connectivity index (χ3n) is 4.01. The third kappa shape index (κ3) is 4.55. The van der Waals surface area contributed by atoms with Gasteiger partial charge in [-0.05, 0) is 38.4 Å². The summed E-state index contributed by atoms with van der Waals surface area (Å²) in [4.78, 5) is 5.42. The lowest BCUT2D eigenvalue weighted by Gasteiger charge is -2.39. The van der Waals surface area contributed by atoms with Gasteiger partial charge < -0.3 is 10.1 Å². The molecule has 0 radical (unpaired) electrons. The molecule has 1 atom stereocenters. The maximum atomic E-state index is 5.67. The van der Waals surface area contributed by atoms with Crippen molar-refractivity contribution in [1.29, 1.82) is 0 Å². The van der Waals surface area contributed by atoms with Gasteiger partial charge in [0.15, 0.2) is 0 Å². The summed E-state index contributed by atoms with van der Waals surface area (Å²) >= 11 is 1.93. The van der Waals surface area contributed by atoms with Crippen molar-refractivity contribution >= 4 is 11.3 Å². The van der Waals surface area contributed by atoms with Crippen LogP contribution in [0.2, 0.25) is 0 Å². The van der Waals surface area contributed by atoms with Crippen molar-refractivity contribution in [3.8, 4) is 0 Å². The predicted molar refractivity (Wildman–Crippen MR) is 86.2 cm³/mol. The van der Waals surface area contributed by atoms with E-state index in [1.54, 1.807) is 0 Å². The second-order valence-corrected chi connectivity index (χ2v) is 7.62. The molecule has 3 nitrogen and oxygen atoms in total. The Morgan fingerprint density at radius 1 is 1.40 bits per heavy atom. The van der Waals surface area contributed by atoms with Crippen LogP contribution in [0.5, 0.6) is 0 Å². The molecule has 0 bridgehead atoms. The van der Waals surface area contributed by atoms with Gasteiger partial charge in [-0.3, -0.25) is 4.90 Å². The average Bonchev–Trinajstić information content (AvgIpc) is 2.84. The molecule has 1 aliphatic rings. The van der Waals surface area contributed by atoms with E-state index in [0.29, 0.717) is 6.04 Å². The first-order chi connectivity index (χ1) is 9.50. The van der Waals surface area contributed by atoms with Crippen LogP contribution in [0.15, 0.2) is 12.1 Å². The van der Waals surface area contributed by atoms with E-state index in [-0.39, 0.29) is 5.60 Å². The van der Waals surface area contributed by atoms with Crippen LogP contribution in [-0.4, -0.2) is 36.7 Å². The van der Waals surface area contributed by atoms with E-state index >= 15 is 0 Å². The van der Waals surface area contributed by atoms with Gasteiger partial charge in [0.05, 0.1) is 5.60 Å². The lowest BCUT2D eigenvalue weighted by atomic mass is 9.95. The molecular formula is C16H28N2OS. The molecule has 2 heterocycles. The minimum atomic E-state index is 0.0392. The molecule has 1 fully saturated rings. The van der Waals surface area contributed by atoms with E-state index in [9.17, 15) is 0 Å². The number of methoxy groups -OCH3 is 1. The molecule has 2 rings (SSSR count). The van der Waals surface area contributed by atoms with Gasteiger partial charge in [-0.1, -0.05) is 13.8 Å². The number of likely N-dealkylation sites (tertiary alicyclic amines) is 1. The van der Waals surface area contributed by atoms with Crippen LogP contribution in [0.3, 0.4) is 0 Å². The zero-order valence-corrected chi connectivity index (χ0v) is 14.1. The molecule has 1 aromatic rings. The second kappa shape index (κ2) is 7.03. The van der Waals surface area contributed by atoms with E-state index < -0.39 is 0 Å². The highest BCUT2D eigenvalue weighted by atomic mass is 32.1. The maximum absolute atomic E-state index is 5.67. The van der Waals surface area contributed by atoms with Crippen molar-refractivity contribution in [2.45, 2.75) is 58.3 Å². The summed E-state index contributed by atoms with van der Waals surface area (Å²) in [5.41, 5.74) is 0.0392. The Balaban J connectivity index is 1.87. The molecule has 114 valence electrons. The number of piperidine rings is 1. The van der Waals surface area contributed by atoms with Gasteiger partial charge in [-0.25, -0.2) is 0 Å². The Morgan fingerprint density at radius 3 is 2.85 bits per heavy atom. The first-order valence-corrected chi connectivity index (χ1v) is 8.41. The van der Waals surface area contributed by atoms with E-state index in [0.717, 1.165) is 19.6 Å². The van der Waals surface area contributed by atoms with Gasteiger partial charge in [-0.2, -0.15) is 0 Å². The van der Waals surface area contributed by atoms with Crippen LogP contribution in [0.1, 0.15) is 43.4 Å². The normalized spacial score (nSPS) is 24.4. The van der Waals surface area contributed by atoms with Crippen molar-refractivity contribution in [3.05, 3.63) is 21.9 Å². The molecule has 1 N–H and O–H groups in total. The Kier molecular flexibility index (Phi) is 5.61. The van der Waals surface area contributed by atoms with E-state index in [1.807, 2.05) is 18.4 Å². The Bertz CT molecular complexity index is 418. The summed E-state index contributed by atoms with van der Waals surface area (Å²) in [6.45, 7) is 10.9. The molecule has 0 amide bonds. The molecular weight excluding hydrogens is 268 g/mol. The fourth-order valence-electron chi connectivity index (χ4n) is 2.74. The smallest absolute Gasteiger partial charge is 0.0777 e. The summed E-state index contributed by atoms with van der Waals surface area (Å²) in [7, 11) is 1.84. The first kappa shape index (κ1) is 16.0. The molecule has 4 heteroatoms. The van der Waals surface area contributed by atoms with Gasteiger partial charge in [0.2, 0.25) is 0 Å². The number of hydrogen-bond donors (Lipinski definition) is 1. The summed E-state index contributed by atoms with van der Waals surface area (Å²) < 4.78 is 5.67. The Labute approximate surface area is 127 Å². The van der Waals surface area contributed by atoms with Gasteiger partial charge in [-0.15, -0.1) is 11.3 Å². The van der Waals surface area contributed by atoms with Crippen molar-refractivity contribution in [2.75, 3.05) is 20.2 Å². The number of hydrogen-bond acceptors (Lipinski definition) is 4. The van der Waals surface area contributed by atoms with E-state index in [4.69, 9.17) is 4.74 Å². The van der Waals surface area contributed by atoms with E-state index in [1.165, 1.54) is 29.1 Å². The highest BCUT2D eigenvalue weighted by Crippen LogP contribution is 2.26. The SMILES string of the molecule is COC1(C)CCCN(Cc2ccc(CNC(C)C)s2)C1. The van der Waals surface area contributed by atoms with Crippen LogP contribution < -0.4 is 5.32 Å². The van der Waals surface area contributed by atoms with Crippen molar-refractivity contribution < 1.29 is 4.74 Å². The number of nitrogens with one attached hydrogen (secondary N) is 1. The predicted octanol–water partition coefficient (Wildman–Crippen LogP) is 3.25. The standard InChI is InChI=1S/C16H28N2OS/c1-13(2)17-10-14-6-7-15(20-14)11-18-9-5-8-16(3,12-18)19-4/h6-7,13,17H,5,8-12H2,1-4H3. The fraction of sp³-hybridized carbons (Fsp3) is 0.750. The molecule has 1 aliphatic heterocycles. The molecule has 20 heavy (non-hydrogen) atoms. The van der Waals surface area contributed by atoms with Crippen LogP contribution in [0, 0.1) is 0 Å². The third-order valence-corrected chi connectivity index (χ3v) is 5.08. The van der Waals surface area contributed by atoms with Crippen molar-refractivity contribution in [2.24, 2.45) is 0 Å². The molecule has 0 saturated carbocycles. The average molecular weight is 296 g/mol. The van der Waals surface area contributed by atoms with Gasteiger partial charge >= 0.3 is 0 Å². The number of ether oxygens (including phenoxy) is 1. The topological polar surface area (TPSA) is 24.5 Å². The highest BCUT2D eigenvalue weighted by molar-refractivity contribution is 7.11. The molecule has 0 spiro atoms. The summed E-state index contributed by atoms with van der Waals surface area (Å²) in [5.74, 6) is 0. The van der Waals surface area contributed by atoms with Crippen molar-refractivity contribution in [1.82, 2.24) is 10.2 Å². The second-order valence-electron chi connectivity index (χ2n) is 6.37.